The summed E-state index contributed by atoms with van der Waals surface area (Å²) in [6, 6.07) is 5.72. The standard InChI is InChI=1S/C12H9BrN2O2/c13-8-3-1-2-7-9(6-4-5-6)14-11(12(16)17)15-10(7)8/h1-3,6H,4-5H2,(H,16,17). The highest BCUT2D eigenvalue weighted by molar-refractivity contribution is 9.10. The van der Waals surface area contributed by atoms with E-state index in [0.29, 0.717) is 11.4 Å². The van der Waals surface area contributed by atoms with Gasteiger partial charge in [-0.25, -0.2) is 14.8 Å². The van der Waals surface area contributed by atoms with Crippen LogP contribution in [-0.4, -0.2) is 21.0 Å². The van der Waals surface area contributed by atoms with E-state index in [9.17, 15) is 4.79 Å². The third-order valence-corrected chi connectivity index (χ3v) is 3.50. The summed E-state index contributed by atoms with van der Waals surface area (Å²) in [7, 11) is 0. The Kier molecular flexibility index (Phi) is 2.36. The maximum Gasteiger partial charge on any atom is 0.373 e. The Balaban J connectivity index is 2.35. The van der Waals surface area contributed by atoms with Crippen molar-refractivity contribution in [1.29, 1.82) is 0 Å². The van der Waals surface area contributed by atoms with E-state index in [-0.39, 0.29) is 5.82 Å². The highest BCUT2D eigenvalue weighted by Gasteiger charge is 2.29. The van der Waals surface area contributed by atoms with Crippen molar-refractivity contribution in [2.75, 3.05) is 0 Å². The number of hydrogen-bond acceptors (Lipinski definition) is 3. The van der Waals surface area contributed by atoms with E-state index in [1.807, 2.05) is 18.2 Å². The summed E-state index contributed by atoms with van der Waals surface area (Å²) in [6.07, 6.45) is 2.16. The Hall–Kier alpha value is -1.49. The van der Waals surface area contributed by atoms with E-state index in [0.717, 1.165) is 28.4 Å². The Labute approximate surface area is 106 Å². The second-order valence-electron chi connectivity index (χ2n) is 4.15. The van der Waals surface area contributed by atoms with Gasteiger partial charge in [-0.05, 0) is 34.8 Å². The molecule has 0 unspecified atom stereocenters. The minimum atomic E-state index is -1.08. The number of nitrogens with zero attached hydrogens (tertiary/aromatic N) is 2. The van der Waals surface area contributed by atoms with Crippen molar-refractivity contribution in [3.63, 3.8) is 0 Å². The maximum atomic E-state index is 11.0. The van der Waals surface area contributed by atoms with Crippen LogP contribution in [0.2, 0.25) is 0 Å². The number of para-hydroxylation sites is 1. The quantitative estimate of drug-likeness (QED) is 0.924. The first-order valence-electron chi connectivity index (χ1n) is 5.36. The fraction of sp³-hybridized carbons (Fsp3) is 0.250. The van der Waals surface area contributed by atoms with Gasteiger partial charge < -0.3 is 5.11 Å². The van der Waals surface area contributed by atoms with Gasteiger partial charge in [0.25, 0.3) is 0 Å². The van der Waals surface area contributed by atoms with Gasteiger partial charge in [0.1, 0.15) is 0 Å². The molecular formula is C12H9BrN2O2. The first-order chi connectivity index (χ1) is 8.16. The lowest BCUT2D eigenvalue weighted by Crippen LogP contribution is -2.07. The van der Waals surface area contributed by atoms with Crippen molar-refractivity contribution < 1.29 is 9.90 Å². The summed E-state index contributed by atoms with van der Waals surface area (Å²) in [5, 5.41) is 9.97. The minimum absolute atomic E-state index is 0.119. The van der Waals surface area contributed by atoms with E-state index in [2.05, 4.69) is 25.9 Å². The molecule has 1 aliphatic carbocycles. The van der Waals surface area contributed by atoms with Crippen LogP contribution >= 0.6 is 15.9 Å². The Morgan fingerprint density at radius 1 is 1.35 bits per heavy atom. The molecule has 1 aromatic heterocycles. The molecule has 1 saturated carbocycles. The van der Waals surface area contributed by atoms with E-state index < -0.39 is 5.97 Å². The Morgan fingerprint density at radius 2 is 2.12 bits per heavy atom. The fourth-order valence-electron chi connectivity index (χ4n) is 1.90. The third kappa shape index (κ3) is 1.80. The molecule has 1 aliphatic rings. The van der Waals surface area contributed by atoms with Crippen LogP contribution in [0, 0.1) is 0 Å². The predicted molar refractivity (Wildman–Crippen MR) is 66.2 cm³/mol. The molecule has 5 heteroatoms. The molecule has 3 rings (SSSR count). The van der Waals surface area contributed by atoms with Crippen molar-refractivity contribution in [2.45, 2.75) is 18.8 Å². The number of aromatic carboxylic acids is 1. The molecular weight excluding hydrogens is 284 g/mol. The first-order valence-corrected chi connectivity index (χ1v) is 6.15. The number of halogens is 1. The van der Waals surface area contributed by atoms with Crippen LogP contribution in [0.3, 0.4) is 0 Å². The number of carboxylic acids is 1. The number of benzene rings is 1. The van der Waals surface area contributed by atoms with Gasteiger partial charge in [-0.15, -0.1) is 0 Å². The summed E-state index contributed by atoms with van der Waals surface area (Å²) >= 11 is 3.40. The molecule has 0 aliphatic heterocycles. The number of carboxylic acid groups (broad SMARTS) is 1. The van der Waals surface area contributed by atoms with Gasteiger partial charge in [0.15, 0.2) is 0 Å². The molecule has 1 fully saturated rings. The van der Waals surface area contributed by atoms with Crippen LogP contribution in [-0.2, 0) is 0 Å². The third-order valence-electron chi connectivity index (χ3n) is 2.86. The lowest BCUT2D eigenvalue weighted by molar-refractivity contribution is 0.0683. The average molecular weight is 293 g/mol. The smallest absolute Gasteiger partial charge is 0.373 e. The molecule has 86 valence electrons. The van der Waals surface area contributed by atoms with Crippen LogP contribution in [0.15, 0.2) is 22.7 Å². The lowest BCUT2D eigenvalue weighted by atomic mass is 10.1. The van der Waals surface area contributed by atoms with Crippen LogP contribution in [0.4, 0.5) is 0 Å². The van der Waals surface area contributed by atoms with E-state index in [1.54, 1.807) is 0 Å². The number of rotatable bonds is 2. The summed E-state index contributed by atoms with van der Waals surface area (Å²) in [6.45, 7) is 0. The number of aromatic nitrogens is 2. The minimum Gasteiger partial charge on any atom is -0.475 e. The van der Waals surface area contributed by atoms with Crippen molar-refractivity contribution >= 4 is 32.8 Å². The van der Waals surface area contributed by atoms with Gasteiger partial charge in [-0.2, -0.15) is 0 Å². The highest BCUT2D eigenvalue weighted by atomic mass is 79.9. The fourth-order valence-corrected chi connectivity index (χ4v) is 2.36. The molecule has 1 N–H and O–H groups in total. The molecule has 0 atom stereocenters. The van der Waals surface area contributed by atoms with Crippen molar-refractivity contribution in [2.24, 2.45) is 0 Å². The van der Waals surface area contributed by atoms with Crippen molar-refractivity contribution in [3.8, 4) is 0 Å². The molecule has 0 saturated heterocycles. The first kappa shape index (κ1) is 10.7. The highest BCUT2D eigenvalue weighted by Crippen LogP contribution is 2.42. The average Bonchev–Trinajstić information content (AvgIpc) is 3.12. The van der Waals surface area contributed by atoms with Gasteiger partial charge in [0.05, 0.1) is 11.2 Å². The van der Waals surface area contributed by atoms with Crippen LogP contribution < -0.4 is 0 Å². The molecule has 1 heterocycles. The molecule has 17 heavy (non-hydrogen) atoms. The SMILES string of the molecule is O=C(O)c1nc(C2CC2)c2cccc(Br)c2n1. The summed E-state index contributed by atoms with van der Waals surface area (Å²) in [5.41, 5.74) is 1.55. The number of hydrogen-bond donors (Lipinski definition) is 1. The summed E-state index contributed by atoms with van der Waals surface area (Å²) in [4.78, 5) is 19.3. The maximum absolute atomic E-state index is 11.0. The van der Waals surface area contributed by atoms with Gasteiger partial charge >= 0.3 is 5.97 Å². The molecule has 0 radical (unpaired) electrons. The zero-order chi connectivity index (χ0) is 12.0. The lowest BCUT2D eigenvalue weighted by Gasteiger charge is -2.06. The second-order valence-corrected chi connectivity index (χ2v) is 5.00. The molecule has 4 nitrogen and oxygen atoms in total. The number of carbonyl (C=O) groups is 1. The largest absolute Gasteiger partial charge is 0.475 e. The molecule has 0 spiro atoms. The van der Waals surface area contributed by atoms with Crippen LogP contribution in [0.5, 0.6) is 0 Å². The van der Waals surface area contributed by atoms with E-state index in [4.69, 9.17) is 5.11 Å². The van der Waals surface area contributed by atoms with Crippen LogP contribution in [0.25, 0.3) is 10.9 Å². The van der Waals surface area contributed by atoms with Crippen molar-refractivity contribution in [1.82, 2.24) is 9.97 Å². The summed E-state index contributed by atoms with van der Waals surface area (Å²) in [5.74, 6) is -0.802. The van der Waals surface area contributed by atoms with Gasteiger partial charge in [-0.3, -0.25) is 0 Å². The molecule has 1 aromatic carbocycles. The van der Waals surface area contributed by atoms with E-state index in [1.165, 1.54) is 0 Å². The van der Waals surface area contributed by atoms with Gasteiger partial charge in [0, 0.05) is 15.8 Å². The molecule has 0 bridgehead atoms. The topological polar surface area (TPSA) is 63.1 Å². The molecule has 0 amide bonds. The van der Waals surface area contributed by atoms with Gasteiger partial charge in [0.2, 0.25) is 5.82 Å². The Morgan fingerprint density at radius 3 is 2.76 bits per heavy atom. The van der Waals surface area contributed by atoms with Crippen LogP contribution in [0.1, 0.15) is 35.1 Å². The zero-order valence-corrected chi connectivity index (χ0v) is 10.4. The predicted octanol–water partition coefficient (Wildman–Crippen LogP) is 2.97. The normalized spacial score (nSPS) is 15.1. The Bertz CT molecular complexity index is 623. The zero-order valence-electron chi connectivity index (χ0n) is 8.85. The van der Waals surface area contributed by atoms with E-state index >= 15 is 0 Å². The van der Waals surface area contributed by atoms with Gasteiger partial charge in [-0.1, -0.05) is 12.1 Å². The summed E-state index contributed by atoms with van der Waals surface area (Å²) < 4.78 is 0.807. The second kappa shape index (κ2) is 3.77. The molecule has 2 aromatic rings. The van der Waals surface area contributed by atoms with Crippen molar-refractivity contribution in [3.05, 3.63) is 34.2 Å². The number of fused-ring (bicyclic) bond motifs is 1. The monoisotopic (exact) mass is 292 g/mol.